The van der Waals surface area contributed by atoms with Crippen molar-refractivity contribution in [3.63, 3.8) is 0 Å². The lowest BCUT2D eigenvalue weighted by Crippen LogP contribution is -2.37. The van der Waals surface area contributed by atoms with Crippen LogP contribution < -0.4 is 5.32 Å². The van der Waals surface area contributed by atoms with Crippen molar-refractivity contribution in [1.29, 1.82) is 0 Å². The summed E-state index contributed by atoms with van der Waals surface area (Å²) in [5.41, 5.74) is 2.79. The first kappa shape index (κ1) is 13.6. The monoisotopic (exact) mass is 247 g/mol. The third-order valence-corrected chi connectivity index (χ3v) is 3.73. The van der Waals surface area contributed by atoms with Gasteiger partial charge < -0.3 is 10.1 Å². The second-order valence-electron chi connectivity index (χ2n) is 5.68. The summed E-state index contributed by atoms with van der Waals surface area (Å²) in [5.74, 6) is 0.614. The topological polar surface area (TPSA) is 21.3 Å². The molecule has 2 unspecified atom stereocenters. The average molecular weight is 247 g/mol. The minimum Gasteiger partial charge on any atom is -0.378 e. The van der Waals surface area contributed by atoms with Gasteiger partial charge in [0, 0.05) is 19.2 Å². The maximum atomic E-state index is 5.56. The van der Waals surface area contributed by atoms with Crippen LogP contribution in [0.4, 0.5) is 0 Å². The molecule has 18 heavy (non-hydrogen) atoms. The molecule has 0 saturated carbocycles. The molecule has 1 aliphatic rings. The van der Waals surface area contributed by atoms with Gasteiger partial charge in [0.05, 0.1) is 6.10 Å². The SMILES string of the molecule is CC1CC(NCc2ccc(C(C)C)cc2)CCO1. The molecule has 2 rings (SSSR count). The summed E-state index contributed by atoms with van der Waals surface area (Å²) in [7, 11) is 0. The van der Waals surface area contributed by atoms with E-state index in [4.69, 9.17) is 4.74 Å². The van der Waals surface area contributed by atoms with Gasteiger partial charge in [0.1, 0.15) is 0 Å². The predicted molar refractivity (Wildman–Crippen MR) is 75.8 cm³/mol. The van der Waals surface area contributed by atoms with Gasteiger partial charge in [-0.25, -0.2) is 0 Å². The van der Waals surface area contributed by atoms with Gasteiger partial charge in [-0.05, 0) is 36.8 Å². The number of hydrogen-bond acceptors (Lipinski definition) is 2. The molecule has 0 bridgehead atoms. The standard InChI is InChI=1S/C16H25NO/c1-12(2)15-6-4-14(5-7-15)11-17-16-8-9-18-13(3)10-16/h4-7,12-13,16-17H,8-11H2,1-3H3. The van der Waals surface area contributed by atoms with E-state index in [1.54, 1.807) is 0 Å². The average Bonchev–Trinajstić information content (AvgIpc) is 2.37. The highest BCUT2D eigenvalue weighted by Crippen LogP contribution is 2.16. The number of benzene rings is 1. The van der Waals surface area contributed by atoms with Crippen LogP contribution in [0.2, 0.25) is 0 Å². The third kappa shape index (κ3) is 3.82. The van der Waals surface area contributed by atoms with Crippen molar-refractivity contribution in [3.8, 4) is 0 Å². The molecule has 100 valence electrons. The zero-order valence-electron chi connectivity index (χ0n) is 11.8. The second kappa shape index (κ2) is 6.35. The van der Waals surface area contributed by atoms with Crippen LogP contribution in [0.5, 0.6) is 0 Å². The van der Waals surface area contributed by atoms with Crippen LogP contribution in [0.15, 0.2) is 24.3 Å². The summed E-state index contributed by atoms with van der Waals surface area (Å²) in [4.78, 5) is 0. The highest BCUT2D eigenvalue weighted by Gasteiger charge is 2.18. The Morgan fingerprint density at radius 1 is 1.28 bits per heavy atom. The van der Waals surface area contributed by atoms with Crippen LogP contribution in [0, 0.1) is 0 Å². The summed E-state index contributed by atoms with van der Waals surface area (Å²) in [6.07, 6.45) is 2.66. The molecule has 0 aromatic heterocycles. The molecule has 0 spiro atoms. The molecule has 1 N–H and O–H groups in total. The Hall–Kier alpha value is -0.860. The molecule has 2 heteroatoms. The molecule has 1 fully saturated rings. The van der Waals surface area contributed by atoms with Gasteiger partial charge in [0.2, 0.25) is 0 Å². The smallest absolute Gasteiger partial charge is 0.0561 e. The second-order valence-corrected chi connectivity index (χ2v) is 5.68. The van der Waals surface area contributed by atoms with E-state index in [1.807, 2.05) is 0 Å². The van der Waals surface area contributed by atoms with Gasteiger partial charge >= 0.3 is 0 Å². The Morgan fingerprint density at radius 3 is 2.61 bits per heavy atom. The van der Waals surface area contributed by atoms with Gasteiger partial charge in [-0.1, -0.05) is 38.1 Å². The first-order valence-corrected chi connectivity index (χ1v) is 7.09. The largest absolute Gasteiger partial charge is 0.378 e. The molecule has 1 aromatic carbocycles. The van der Waals surface area contributed by atoms with Crippen molar-refractivity contribution < 1.29 is 4.74 Å². The Labute approximate surface area is 111 Å². The molecule has 2 nitrogen and oxygen atoms in total. The van der Waals surface area contributed by atoms with Crippen LogP contribution in [0.1, 0.15) is 50.7 Å². The van der Waals surface area contributed by atoms with Crippen LogP contribution in [0.25, 0.3) is 0 Å². The van der Waals surface area contributed by atoms with Crippen molar-refractivity contribution >= 4 is 0 Å². The lowest BCUT2D eigenvalue weighted by Gasteiger charge is -2.28. The third-order valence-electron chi connectivity index (χ3n) is 3.73. The van der Waals surface area contributed by atoms with E-state index in [2.05, 4.69) is 50.4 Å². The molecule has 0 amide bonds. The molecule has 1 aromatic rings. The molecule has 1 heterocycles. The van der Waals surface area contributed by atoms with Gasteiger partial charge in [0.15, 0.2) is 0 Å². The normalized spacial score (nSPS) is 24.4. The van der Waals surface area contributed by atoms with E-state index >= 15 is 0 Å². The highest BCUT2D eigenvalue weighted by atomic mass is 16.5. The van der Waals surface area contributed by atoms with Crippen LogP contribution in [0.3, 0.4) is 0 Å². The quantitative estimate of drug-likeness (QED) is 0.879. The first-order valence-electron chi connectivity index (χ1n) is 7.09. The Balaban J connectivity index is 1.82. The molecular formula is C16H25NO. The van der Waals surface area contributed by atoms with Gasteiger partial charge in [-0.3, -0.25) is 0 Å². The predicted octanol–water partition coefficient (Wildman–Crippen LogP) is 3.47. The van der Waals surface area contributed by atoms with Crippen molar-refractivity contribution in [3.05, 3.63) is 35.4 Å². The van der Waals surface area contributed by atoms with Gasteiger partial charge in [-0.2, -0.15) is 0 Å². The van der Waals surface area contributed by atoms with E-state index in [0.717, 1.165) is 26.0 Å². The number of rotatable bonds is 4. The van der Waals surface area contributed by atoms with Gasteiger partial charge in [-0.15, -0.1) is 0 Å². The number of hydrogen-bond donors (Lipinski definition) is 1. The fraction of sp³-hybridized carbons (Fsp3) is 0.625. The molecule has 1 saturated heterocycles. The fourth-order valence-corrected chi connectivity index (χ4v) is 2.47. The zero-order chi connectivity index (χ0) is 13.0. The van der Waals surface area contributed by atoms with E-state index in [1.165, 1.54) is 11.1 Å². The minimum absolute atomic E-state index is 0.402. The molecule has 1 aliphatic heterocycles. The zero-order valence-corrected chi connectivity index (χ0v) is 11.8. The van der Waals surface area contributed by atoms with Crippen LogP contribution in [-0.2, 0) is 11.3 Å². The number of nitrogens with one attached hydrogen (secondary N) is 1. The van der Waals surface area contributed by atoms with Crippen molar-refractivity contribution in [2.45, 2.75) is 58.2 Å². The van der Waals surface area contributed by atoms with E-state index in [-0.39, 0.29) is 0 Å². The first-order chi connectivity index (χ1) is 8.65. The van der Waals surface area contributed by atoms with E-state index in [9.17, 15) is 0 Å². The van der Waals surface area contributed by atoms with Crippen molar-refractivity contribution in [1.82, 2.24) is 5.32 Å². The van der Waals surface area contributed by atoms with Gasteiger partial charge in [0.25, 0.3) is 0 Å². The van der Waals surface area contributed by atoms with Crippen molar-refractivity contribution in [2.75, 3.05) is 6.61 Å². The fourth-order valence-electron chi connectivity index (χ4n) is 2.47. The Kier molecular flexibility index (Phi) is 4.79. The summed E-state index contributed by atoms with van der Waals surface area (Å²) in [6, 6.07) is 9.58. The maximum absolute atomic E-state index is 5.56. The number of ether oxygens (including phenoxy) is 1. The lowest BCUT2D eigenvalue weighted by molar-refractivity contribution is 0.0130. The molecular weight excluding hydrogens is 222 g/mol. The van der Waals surface area contributed by atoms with E-state index in [0.29, 0.717) is 18.1 Å². The lowest BCUT2D eigenvalue weighted by atomic mass is 10.0. The van der Waals surface area contributed by atoms with E-state index < -0.39 is 0 Å². The minimum atomic E-state index is 0.402. The van der Waals surface area contributed by atoms with Crippen LogP contribution >= 0.6 is 0 Å². The summed E-state index contributed by atoms with van der Waals surface area (Å²) < 4.78 is 5.56. The molecule has 0 radical (unpaired) electrons. The summed E-state index contributed by atoms with van der Waals surface area (Å²) in [5, 5.41) is 3.64. The Morgan fingerprint density at radius 2 is 2.00 bits per heavy atom. The van der Waals surface area contributed by atoms with Crippen molar-refractivity contribution in [2.24, 2.45) is 0 Å². The molecule has 0 aliphatic carbocycles. The molecule has 2 atom stereocenters. The maximum Gasteiger partial charge on any atom is 0.0561 e. The van der Waals surface area contributed by atoms with Crippen LogP contribution in [-0.4, -0.2) is 18.8 Å². The summed E-state index contributed by atoms with van der Waals surface area (Å²) >= 11 is 0. The highest BCUT2D eigenvalue weighted by molar-refractivity contribution is 5.24. The summed E-state index contributed by atoms with van der Waals surface area (Å²) in [6.45, 7) is 8.49. The Bertz CT molecular complexity index is 358.